The first-order chi connectivity index (χ1) is 7.61. The Hall–Kier alpha value is -1.97. The largest absolute Gasteiger partial charge is 0.396 e. The lowest BCUT2D eigenvalue weighted by Crippen LogP contribution is -1.97. The van der Waals surface area contributed by atoms with Crippen molar-refractivity contribution < 1.29 is 13.2 Å². The zero-order valence-corrected chi connectivity index (χ0v) is 8.18. The number of benzene rings is 2. The molecule has 0 fully saturated rings. The fourth-order valence-corrected chi connectivity index (χ4v) is 1.45. The summed E-state index contributed by atoms with van der Waals surface area (Å²) in [6.45, 7) is 0. The molecule has 2 aromatic rings. The Morgan fingerprint density at radius 3 is 2.12 bits per heavy atom. The minimum absolute atomic E-state index is 0.0129. The summed E-state index contributed by atoms with van der Waals surface area (Å²) in [5.41, 5.74) is 4.78. The van der Waals surface area contributed by atoms with Crippen LogP contribution in [-0.4, -0.2) is 0 Å². The molecule has 4 heteroatoms. The van der Waals surface area contributed by atoms with Gasteiger partial charge in [0.2, 0.25) is 0 Å². The van der Waals surface area contributed by atoms with E-state index in [1.165, 1.54) is 30.3 Å². The molecule has 0 saturated carbocycles. The first kappa shape index (κ1) is 10.5. The number of halogens is 3. The Morgan fingerprint density at radius 1 is 0.750 bits per heavy atom. The van der Waals surface area contributed by atoms with Crippen molar-refractivity contribution in [2.45, 2.75) is 0 Å². The standard InChI is InChI=1S/C12H8F3N/c13-9-4-2-1-3-7(9)8-5-6-10(16)12(15)11(8)14/h1-6H,16H2. The van der Waals surface area contributed by atoms with Crippen LogP contribution in [0.1, 0.15) is 0 Å². The van der Waals surface area contributed by atoms with Gasteiger partial charge in [0.05, 0.1) is 5.69 Å². The van der Waals surface area contributed by atoms with Gasteiger partial charge in [-0.05, 0) is 18.2 Å². The van der Waals surface area contributed by atoms with Crippen LogP contribution in [0.2, 0.25) is 0 Å². The van der Waals surface area contributed by atoms with Gasteiger partial charge in [-0.1, -0.05) is 18.2 Å². The van der Waals surface area contributed by atoms with E-state index in [1.54, 1.807) is 6.07 Å². The molecule has 16 heavy (non-hydrogen) atoms. The summed E-state index contributed by atoms with van der Waals surface area (Å²) < 4.78 is 40.1. The predicted octanol–water partition coefficient (Wildman–Crippen LogP) is 3.35. The molecule has 0 aliphatic heterocycles. The number of nitrogens with two attached hydrogens (primary N) is 1. The molecule has 0 aliphatic carbocycles. The summed E-state index contributed by atoms with van der Waals surface area (Å²) >= 11 is 0. The number of hydrogen-bond acceptors (Lipinski definition) is 1. The average molecular weight is 223 g/mol. The van der Waals surface area contributed by atoms with Crippen molar-refractivity contribution in [1.29, 1.82) is 0 Å². The van der Waals surface area contributed by atoms with Gasteiger partial charge in [-0.3, -0.25) is 0 Å². The molecule has 82 valence electrons. The molecule has 0 aliphatic rings. The molecule has 2 aromatic carbocycles. The van der Waals surface area contributed by atoms with E-state index in [2.05, 4.69) is 0 Å². The second-order valence-electron chi connectivity index (χ2n) is 3.31. The summed E-state index contributed by atoms with van der Waals surface area (Å²) in [6, 6.07) is 8.05. The molecule has 0 amide bonds. The first-order valence-electron chi connectivity index (χ1n) is 4.59. The van der Waals surface area contributed by atoms with Crippen molar-refractivity contribution >= 4 is 5.69 Å². The van der Waals surface area contributed by atoms with E-state index in [9.17, 15) is 13.2 Å². The van der Waals surface area contributed by atoms with E-state index in [1.807, 2.05) is 0 Å². The van der Waals surface area contributed by atoms with Crippen LogP contribution >= 0.6 is 0 Å². The van der Waals surface area contributed by atoms with Crippen molar-refractivity contribution in [1.82, 2.24) is 0 Å². The third kappa shape index (κ3) is 1.62. The maximum Gasteiger partial charge on any atom is 0.182 e. The summed E-state index contributed by atoms with van der Waals surface area (Å²) in [4.78, 5) is 0. The molecule has 0 unspecified atom stereocenters. The Bertz CT molecular complexity index is 538. The van der Waals surface area contributed by atoms with Crippen LogP contribution in [0.3, 0.4) is 0 Å². The van der Waals surface area contributed by atoms with Gasteiger partial charge in [0.15, 0.2) is 11.6 Å². The molecule has 0 radical (unpaired) electrons. The quantitative estimate of drug-likeness (QED) is 0.737. The zero-order chi connectivity index (χ0) is 11.7. The number of rotatable bonds is 1. The van der Waals surface area contributed by atoms with Gasteiger partial charge in [-0.15, -0.1) is 0 Å². The Morgan fingerprint density at radius 2 is 1.44 bits per heavy atom. The van der Waals surface area contributed by atoms with Crippen molar-refractivity contribution in [3.05, 3.63) is 53.8 Å². The first-order valence-corrected chi connectivity index (χ1v) is 4.59. The topological polar surface area (TPSA) is 26.0 Å². The summed E-state index contributed by atoms with van der Waals surface area (Å²) in [5.74, 6) is -2.89. The zero-order valence-electron chi connectivity index (χ0n) is 8.18. The molecule has 0 heterocycles. The normalized spacial score (nSPS) is 10.4. The third-order valence-corrected chi connectivity index (χ3v) is 2.28. The Balaban J connectivity index is 2.66. The lowest BCUT2D eigenvalue weighted by Gasteiger charge is -2.06. The number of nitrogen functional groups attached to an aromatic ring is 1. The van der Waals surface area contributed by atoms with E-state index in [4.69, 9.17) is 5.73 Å². The van der Waals surface area contributed by atoms with Crippen molar-refractivity contribution in [2.75, 3.05) is 5.73 Å². The SMILES string of the molecule is Nc1ccc(-c2ccccc2F)c(F)c1F. The van der Waals surface area contributed by atoms with E-state index in [0.717, 1.165) is 0 Å². The average Bonchev–Trinajstić information content (AvgIpc) is 2.28. The van der Waals surface area contributed by atoms with Crippen molar-refractivity contribution in [2.24, 2.45) is 0 Å². The Kier molecular flexibility index (Phi) is 2.56. The number of hydrogen-bond donors (Lipinski definition) is 1. The molecule has 0 aromatic heterocycles. The molecule has 1 nitrogen and oxygen atoms in total. The van der Waals surface area contributed by atoms with Crippen LogP contribution < -0.4 is 5.73 Å². The molecule has 0 bridgehead atoms. The smallest absolute Gasteiger partial charge is 0.182 e. The lowest BCUT2D eigenvalue weighted by molar-refractivity contribution is 0.513. The Labute approximate surface area is 90.3 Å². The minimum Gasteiger partial charge on any atom is -0.396 e. The highest BCUT2D eigenvalue weighted by Crippen LogP contribution is 2.28. The van der Waals surface area contributed by atoms with Crippen LogP contribution in [0, 0.1) is 17.5 Å². The predicted molar refractivity (Wildman–Crippen MR) is 56.2 cm³/mol. The molecule has 0 spiro atoms. The molecule has 2 rings (SSSR count). The third-order valence-electron chi connectivity index (χ3n) is 2.28. The van der Waals surface area contributed by atoms with E-state index in [-0.39, 0.29) is 16.8 Å². The molecule has 0 saturated heterocycles. The molecular formula is C12H8F3N. The molecule has 0 atom stereocenters. The highest BCUT2D eigenvalue weighted by molar-refractivity contribution is 5.67. The molecular weight excluding hydrogens is 215 g/mol. The van der Waals surface area contributed by atoms with Crippen LogP contribution in [0.4, 0.5) is 18.9 Å². The monoisotopic (exact) mass is 223 g/mol. The van der Waals surface area contributed by atoms with Gasteiger partial charge < -0.3 is 5.73 Å². The summed E-state index contributed by atoms with van der Waals surface area (Å²) in [6.07, 6.45) is 0. The van der Waals surface area contributed by atoms with Gasteiger partial charge >= 0.3 is 0 Å². The van der Waals surface area contributed by atoms with E-state index < -0.39 is 17.5 Å². The highest BCUT2D eigenvalue weighted by atomic mass is 19.2. The highest BCUT2D eigenvalue weighted by Gasteiger charge is 2.15. The number of anilines is 1. The molecule has 2 N–H and O–H groups in total. The maximum absolute atomic E-state index is 13.5. The second-order valence-corrected chi connectivity index (χ2v) is 3.31. The minimum atomic E-state index is -1.15. The van der Waals surface area contributed by atoms with Crippen molar-refractivity contribution in [3.63, 3.8) is 0 Å². The van der Waals surface area contributed by atoms with Crippen LogP contribution in [-0.2, 0) is 0 Å². The van der Waals surface area contributed by atoms with Crippen LogP contribution in [0.25, 0.3) is 11.1 Å². The van der Waals surface area contributed by atoms with Gasteiger partial charge in [0.25, 0.3) is 0 Å². The van der Waals surface area contributed by atoms with E-state index in [0.29, 0.717) is 0 Å². The maximum atomic E-state index is 13.5. The fraction of sp³-hybridized carbons (Fsp3) is 0. The fourth-order valence-electron chi connectivity index (χ4n) is 1.45. The van der Waals surface area contributed by atoms with Crippen LogP contribution in [0.5, 0.6) is 0 Å². The van der Waals surface area contributed by atoms with Gasteiger partial charge in [0.1, 0.15) is 5.82 Å². The second kappa shape index (κ2) is 3.89. The lowest BCUT2D eigenvalue weighted by atomic mass is 10.0. The van der Waals surface area contributed by atoms with Crippen LogP contribution in [0.15, 0.2) is 36.4 Å². The van der Waals surface area contributed by atoms with Gasteiger partial charge in [-0.25, -0.2) is 13.2 Å². The van der Waals surface area contributed by atoms with Gasteiger partial charge in [0, 0.05) is 11.1 Å². The van der Waals surface area contributed by atoms with E-state index >= 15 is 0 Å². The summed E-state index contributed by atoms with van der Waals surface area (Å²) in [7, 11) is 0. The summed E-state index contributed by atoms with van der Waals surface area (Å²) in [5, 5.41) is 0. The van der Waals surface area contributed by atoms with Crippen molar-refractivity contribution in [3.8, 4) is 11.1 Å². The van der Waals surface area contributed by atoms with Gasteiger partial charge in [-0.2, -0.15) is 0 Å².